The lowest BCUT2D eigenvalue weighted by Crippen LogP contribution is -2.37. The van der Waals surface area contributed by atoms with E-state index in [2.05, 4.69) is 22.8 Å². The van der Waals surface area contributed by atoms with Crippen molar-refractivity contribution in [1.82, 2.24) is 4.90 Å². The third-order valence-corrected chi connectivity index (χ3v) is 3.98. The maximum absolute atomic E-state index is 8.64. The fraction of sp³-hybridized carbons (Fsp3) is 0.812. The number of hydrogen-bond acceptors (Lipinski definition) is 4. The van der Waals surface area contributed by atoms with Crippen molar-refractivity contribution in [3.63, 3.8) is 0 Å². The van der Waals surface area contributed by atoms with Gasteiger partial charge in [0.15, 0.2) is 0 Å². The lowest BCUT2D eigenvalue weighted by atomic mass is 9.85. The highest BCUT2D eigenvalue weighted by atomic mass is 16.5. The van der Waals surface area contributed by atoms with Crippen LogP contribution in [0.3, 0.4) is 0 Å². The van der Waals surface area contributed by atoms with Gasteiger partial charge in [0.1, 0.15) is 5.60 Å². The maximum atomic E-state index is 8.64. The Bertz CT molecular complexity index is 380. The average molecular weight is 276 g/mol. The molecule has 4 nitrogen and oxygen atoms in total. The highest BCUT2D eigenvalue weighted by Crippen LogP contribution is 2.31. The van der Waals surface area contributed by atoms with E-state index >= 15 is 0 Å². The topological polar surface area (TPSA) is 45.5 Å². The highest BCUT2D eigenvalue weighted by molar-refractivity contribution is 5.16. The van der Waals surface area contributed by atoms with E-state index in [0.29, 0.717) is 13.0 Å². The fourth-order valence-electron chi connectivity index (χ4n) is 2.79. The van der Waals surface area contributed by atoms with Crippen LogP contribution < -0.4 is 0 Å². The second kappa shape index (κ2) is 8.27. The molecule has 1 saturated carbocycles. The summed E-state index contributed by atoms with van der Waals surface area (Å²) in [6.45, 7) is 4.86. The van der Waals surface area contributed by atoms with Gasteiger partial charge in [-0.25, -0.2) is 0 Å². The molecule has 2 aliphatic rings. The number of rotatable bonds is 4. The van der Waals surface area contributed by atoms with Gasteiger partial charge < -0.3 is 9.47 Å². The minimum Gasteiger partial charge on any atom is -0.379 e. The Labute approximate surface area is 122 Å². The Hall–Kier alpha value is -1.07. The molecule has 0 atom stereocenters. The van der Waals surface area contributed by atoms with Crippen LogP contribution in [-0.2, 0) is 9.47 Å². The lowest BCUT2D eigenvalue weighted by Gasteiger charge is -2.32. The molecule has 0 unspecified atom stereocenters. The van der Waals surface area contributed by atoms with Crippen LogP contribution in [0.4, 0.5) is 0 Å². The summed E-state index contributed by atoms with van der Waals surface area (Å²) < 4.78 is 11.3. The van der Waals surface area contributed by atoms with E-state index in [1.54, 1.807) is 0 Å². The van der Waals surface area contributed by atoms with E-state index < -0.39 is 0 Å². The molecule has 1 saturated heterocycles. The number of hydrogen-bond donors (Lipinski definition) is 0. The van der Waals surface area contributed by atoms with Crippen molar-refractivity contribution in [2.24, 2.45) is 0 Å². The molecule has 20 heavy (non-hydrogen) atoms. The molecule has 0 radical (unpaired) electrons. The van der Waals surface area contributed by atoms with Crippen molar-refractivity contribution in [1.29, 1.82) is 5.26 Å². The molecule has 0 aromatic heterocycles. The Kier molecular flexibility index (Phi) is 6.33. The SMILES string of the molecule is N#CCCOC1(C#CCN2CCOCC2)CCCCC1. The van der Waals surface area contributed by atoms with Crippen LogP contribution in [0.1, 0.15) is 38.5 Å². The van der Waals surface area contributed by atoms with Crippen molar-refractivity contribution in [3.05, 3.63) is 0 Å². The van der Waals surface area contributed by atoms with Crippen molar-refractivity contribution >= 4 is 0 Å². The molecule has 2 fully saturated rings. The first-order valence-corrected chi connectivity index (χ1v) is 7.66. The number of ether oxygens (including phenoxy) is 2. The van der Waals surface area contributed by atoms with Crippen LogP contribution in [-0.4, -0.2) is 50.0 Å². The van der Waals surface area contributed by atoms with Crippen molar-refractivity contribution in [2.75, 3.05) is 39.5 Å². The van der Waals surface area contributed by atoms with Crippen LogP contribution in [0.25, 0.3) is 0 Å². The van der Waals surface area contributed by atoms with Crippen LogP contribution in [0.2, 0.25) is 0 Å². The molecule has 0 aromatic carbocycles. The zero-order valence-corrected chi connectivity index (χ0v) is 12.2. The number of morpholine rings is 1. The van der Waals surface area contributed by atoms with E-state index in [4.69, 9.17) is 14.7 Å². The number of nitriles is 1. The van der Waals surface area contributed by atoms with Crippen LogP contribution in [0.15, 0.2) is 0 Å². The standard InChI is InChI=1S/C16H24N2O2/c17-9-5-13-20-16(6-2-1-3-7-16)8-4-10-18-11-14-19-15-12-18/h1-3,5-7,10-15H2. The van der Waals surface area contributed by atoms with Gasteiger partial charge >= 0.3 is 0 Å². The molecule has 1 aliphatic carbocycles. The summed E-state index contributed by atoms with van der Waals surface area (Å²) in [5.41, 5.74) is -0.290. The van der Waals surface area contributed by atoms with Gasteiger partial charge in [0.25, 0.3) is 0 Å². The first kappa shape index (κ1) is 15.3. The molecule has 1 aliphatic heterocycles. The first-order chi connectivity index (χ1) is 9.85. The predicted molar refractivity (Wildman–Crippen MR) is 77.0 cm³/mol. The quantitative estimate of drug-likeness (QED) is 0.581. The monoisotopic (exact) mass is 276 g/mol. The Morgan fingerprint density at radius 3 is 2.60 bits per heavy atom. The van der Waals surface area contributed by atoms with Gasteiger partial charge in [-0.1, -0.05) is 18.3 Å². The predicted octanol–water partition coefficient (Wildman–Crippen LogP) is 1.96. The van der Waals surface area contributed by atoms with E-state index in [9.17, 15) is 0 Å². The largest absolute Gasteiger partial charge is 0.379 e. The minimum atomic E-state index is -0.290. The van der Waals surface area contributed by atoms with Crippen LogP contribution in [0, 0.1) is 23.2 Å². The second-order valence-corrected chi connectivity index (χ2v) is 5.50. The normalized spacial score (nSPS) is 22.6. The fourth-order valence-corrected chi connectivity index (χ4v) is 2.79. The highest BCUT2D eigenvalue weighted by Gasteiger charge is 2.30. The molecule has 4 heteroatoms. The minimum absolute atomic E-state index is 0.290. The molecule has 0 aromatic rings. The van der Waals surface area contributed by atoms with E-state index in [1.165, 1.54) is 19.3 Å². The molecule has 2 rings (SSSR count). The summed E-state index contributed by atoms with van der Waals surface area (Å²) in [6.07, 6.45) is 6.10. The van der Waals surface area contributed by atoms with E-state index in [0.717, 1.165) is 45.7 Å². The third-order valence-electron chi connectivity index (χ3n) is 3.98. The van der Waals surface area contributed by atoms with Gasteiger partial charge in [-0.15, -0.1) is 0 Å². The molecule has 1 heterocycles. The molecule has 0 amide bonds. The Balaban J connectivity index is 1.87. The smallest absolute Gasteiger partial charge is 0.128 e. The van der Waals surface area contributed by atoms with Gasteiger partial charge in [-0.2, -0.15) is 5.26 Å². The Morgan fingerprint density at radius 1 is 1.15 bits per heavy atom. The summed E-state index contributed by atoms with van der Waals surface area (Å²) in [6, 6.07) is 2.14. The van der Waals surface area contributed by atoms with Crippen molar-refractivity contribution < 1.29 is 9.47 Å². The van der Waals surface area contributed by atoms with Gasteiger partial charge in [-0.05, 0) is 25.7 Å². The second-order valence-electron chi connectivity index (χ2n) is 5.50. The summed E-state index contributed by atoms with van der Waals surface area (Å²) in [5.74, 6) is 6.68. The third kappa shape index (κ3) is 4.80. The summed E-state index contributed by atoms with van der Waals surface area (Å²) in [4.78, 5) is 2.32. The Morgan fingerprint density at radius 2 is 1.90 bits per heavy atom. The van der Waals surface area contributed by atoms with Gasteiger partial charge in [0.05, 0.1) is 38.9 Å². The molecular formula is C16H24N2O2. The summed E-state index contributed by atoms with van der Waals surface area (Å²) in [7, 11) is 0. The summed E-state index contributed by atoms with van der Waals surface area (Å²) >= 11 is 0. The molecule has 0 bridgehead atoms. The van der Waals surface area contributed by atoms with Gasteiger partial charge in [0, 0.05) is 13.1 Å². The molecule has 0 spiro atoms. The molecule has 110 valence electrons. The maximum Gasteiger partial charge on any atom is 0.128 e. The van der Waals surface area contributed by atoms with E-state index in [-0.39, 0.29) is 5.60 Å². The van der Waals surface area contributed by atoms with Crippen LogP contribution >= 0.6 is 0 Å². The first-order valence-electron chi connectivity index (χ1n) is 7.66. The van der Waals surface area contributed by atoms with E-state index in [1.807, 2.05) is 0 Å². The van der Waals surface area contributed by atoms with Gasteiger partial charge in [0.2, 0.25) is 0 Å². The zero-order chi connectivity index (χ0) is 14.1. The number of nitrogens with zero attached hydrogens (tertiary/aromatic N) is 2. The van der Waals surface area contributed by atoms with Crippen molar-refractivity contribution in [3.8, 4) is 17.9 Å². The molecule has 0 N–H and O–H groups in total. The van der Waals surface area contributed by atoms with Gasteiger partial charge in [-0.3, -0.25) is 4.90 Å². The summed E-state index contributed by atoms with van der Waals surface area (Å²) in [5, 5.41) is 8.64. The lowest BCUT2D eigenvalue weighted by molar-refractivity contribution is -0.0233. The molecular weight excluding hydrogens is 252 g/mol. The van der Waals surface area contributed by atoms with Crippen molar-refractivity contribution in [2.45, 2.75) is 44.1 Å². The zero-order valence-electron chi connectivity index (χ0n) is 12.2. The average Bonchev–Trinajstić information content (AvgIpc) is 2.50. The van der Waals surface area contributed by atoms with Crippen LogP contribution in [0.5, 0.6) is 0 Å².